The lowest BCUT2D eigenvalue weighted by molar-refractivity contribution is 0.507. The Morgan fingerprint density at radius 1 is 0.348 bits per heavy atom. The fourth-order valence-electron chi connectivity index (χ4n) is 11.4. The predicted molar refractivity (Wildman–Crippen MR) is 272 cm³/mol. The molecule has 66 heavy (non-hydrogen) atoms. The van der Waals surface area contributed by atoms with Gasteiger partial charge in [0.05, 0.1) is 11.0 Å². The Labute approximate surface area is 382 Å². The van der Waals surface area contributed by atoms with Crippen molar-refractivity contribution in [3.63, 3.8) is 0 Å². The number of furan rings is 1. The van der Waals surface area contributed by atoms with Gasteiger partial charge in [0.25, 0.3) is 0 Å². The summed E-state index contributed by atoms with van der Waals surface area (Å²) >= 11 is 0. The molecule has 0 bridgehead atoms. The normalized spacial score (nSPS) is 14.4. The summed E-state index contributed by atoms with van der Waals surface area (Å²) in [5.41, 5.74) is 20.5. The average Bonchev–Trinajstić information content (AvgIpc) is 4.10. The Morgan fingerprint density at radius 2 is 0.818 bits per heavy atom. The van der Waals surface area contributed by atoms with Crippen LogP contribution in [0, 0.1) is 0 Å². The summed E-state index contributed by atoms with van der Waals surface area (Å²) in [7, 11) is 0. The Hall–Kier alpha value is -8.66. The fourth-order valence-corrected chi connectivity index (χ4v) is 11.4. The van der Waals surface area contributed by atoms with E-state index < -0.39 is 5.41 Å². The molecule has 0 radical (unpaired) electrons. The molecule has 14 rings (SSSR count). The van der Waals surface area contributed by atoms with Gasteiger partial charge in [0.2, 0.25) is 0 Å². The number of aromatic nitrogens is 1. The van der Waals surface area contributed by atoms with Crippen molar-refractivity contribution in [2.24, 2.45) is 0 Å². The van der Waals surface area contributed by atoms with Crippen LogP contribution in [0.15, 0.2) is 247 Å². The van der Waals surface area contributed by atoms with Gasteiger partial charge >= 0.3 is 0 Å². The van der Waals surface area contributed by atoms with Crippen molar-refractivity contribution in [2.75, 3.05) is 4.90 Å². The summed E-state index contributed by atoms with van der Waals surface area (Å²) in [6, 6.07) is 88.4. The van der Waals surface area contributed by atoms with E-state index in [1.54, 1.807) is 0 Å². The maximum atomic E-state index is 7.18. The maximum absolute atomic E-state index is 7.18. The van der Waals surface area contributed by atoms with Crippen LogP contribution in [-0.4, -0.2) is 4.57 Å². The van der Waals surface area contributed by atoms with Gasteiger partial charge in [-0.05, 0) is 134 Å². The summed E-state index contributed by atoms with van der Waals surface area (Å²) in [6.07, 6.45) is 0. The lowest BCUT2D eigenvalue weighted by Gasteiger charge is -2.29. The maximum Gasteiger partial charge on any atom is 0.135 e. The van der Waals surface area contributed by atoms with Crippen molar-refractivity contribution in [3.05, 3.63) is 265 Å². The number of hydrogen-bond donors (Lipinski definition) is 0. The molecule has 0 saturated heterocycles. The minimum atomic E-state index is -0.665. The lowest BCUT2D eigenvalue weighted by atomic mass is 9.72. The second-order valence-electron chi connectivity index (χ2n) is 17.6. The first-order valence-electron chi connectivity index (χ1n) is 22.7. The summed E-state index contributed by atoms with van der Waals surface area (Å²) in [5.74, 6) is 0.998. The van der Waals surface area contributed by atoms with Gasteiger partial charge < -0.3 is 13.9 Å². The third kappa shape index (κ3) is 5.20. The van der Waals surface area contributed by atoms with Crippen LogP contribution >= 0.6 is 0 Å². The first-order chi connectivity index (χ1) is 32.7. The van der Waals surface area contributed by atoms with Gasteiger partial charge in [0, 0.05) is 44.5 Å². The Bertz CT molecular complexity index is 3770. The van der Waals surface area contributed by atoms with Gasteiger partial charge in [-0.2, -0.15) is 0 Å². The summed E-state index contributed by atoms with van der Waals surface area (Å²) < 4.78 is 9.57. The van der Waals surface area contributed by atoms with Gasteiger partial charge in [-0.1, -0.05) is 164 Å². The molecule has 0 fully saturated rings. The van der Waals surface area contributed by atoms with Crippen LogP contribution in [0.25, 0.3) is 83.0 Å². The highest BCUT2D eigenvalue weighted by molar-refractivity contribution is 6.09. The molecule has 10 aromatic carbocycles. The predicted octanol–water partition coefficient (Wildman–Crippen LogP) is 16.7. The molecule has 2 aromatic heterocycles. The number of fused-ring (bicyclic) bond motifs is 15. The topological polar surface area (TPSA) is 21.3 Å². The molecular formula is C63H40N2O. The van der Waals surface area contributed by atoms with Gasteiger partial charge in [-0.25, -0.2) is 0 Å². The molecule has 1 atom stereocenters. The molecule has 3 nitrogen and oxygen atoms in total. The third-order valence-corrected chi connectivity index (χ3v) is 14.2. The quantitative estimate of drug-likeness (QED) is 0.166. The standard InChI is InChI=1S/C63H40N2O/c1-3-15-45(16-4-1)64(46-17-5-2-6-18-46)47-33-27-41(28-34-47)43-31-37-50-49-19-7-11-23-55(49)63(56(50)39-43)57-40-44(32-38-53(57)61-54-22-10-14-26-60(54)66-62(61)63)42-29-35-48(36-30-42)65-58-24-12-8-20-51(58)52-21-9-13-25-59(52)65/h1-40H. The molecular weight excluding hydrogens is 801 g/mol. The average molecular weight is 841 g/mol. The van der Waals surface area contributed by atoms with E-state index in [2.05, 4.69) is 252 Å². The summed E-state index contributed by atoms with van der Waals surface area (Å²) in [6.45, 7) is 0. The molecule has 308 valence electrons. The second-order valence-corrected chi connectivity index (χ2v) is 17.6. The SMILES string of the molecule is c1ccc(N(c2ccccc2)c2ccc(-c3ccc4c(c3)C3(c5ccccc5-4)c4cc(-c5ccc(-n6c7ccccc7c7ccccc76)cc5)ccc4-c4c3oc3ccccc43)cc2)cc1. The Morgan fingerprint density at radius 3 is 1.47 bits per heavy atom. The lowest BCUT2D eigenvalue weighted by Crippen LogP contribution is -2.25. The third-order valence-electron chi connectivity index (χ3n) is 14.2. The van der Waals surface area contributed by atoms with E-state index in [4.69, 9.17) is 4.42 Å². The molecule has 0 amide bonds. The van der Waals surface area contributed by atoms with Gasteiger partial charge in [-0.3, -0.25) is 0 Å². The molecule has 3 heteroatoms. The van der Waals surface area contributed by atoms with Crippen LogP contribution in [0.1, 0.15) is 22.5 Å². The highest BCUT2D eigenvalue weighted by atomic mass is 16.3. The minimum absolute atomic E-state index is 0.665. The van der Waals surface area contributed by atoms with Crippen LogP contribution in [0.3, 0.4) is 0 Å². The van der Waals surface area contributed by atoms with Crippen molar-refractivity contribution in [1.82, 2.24) is 4.57 Å². The zero-order valence-corrected chi connectivity index (χ0v) is 35.9. The first-order valence-corrected chi connectivity index (χ1v) is 22.7. The number of rotatable bonds is 6. The largest absolute Gasteiger partial charge is 0.459 e. The number of para-hydroxylation sites is 5. The molecule has 0 saturated carbocycles. The van der Waals surface area contributed by atoms with Crippen LogP contribution < -0.4 is 4.90 Å². The van der Waals surface area contributed by atoms with Crippen LogP contribution in [0.4, 0.5) is 17.1 Å². The van der Waals surface area contributed by atoms with Crippen LogP contribution in [0.5, 0.6) is 0 Å². The highest BCUT2D eigenvalue weighted by Crippen LogP contribution is 2.65. The van der Waals surface area contributed by atoms with E-state index in [0.717, 1.165) is 45.0 Å². The monoisotopic (exact) mass is 840 g/mol. The summed E-state index contributed by atoms with van der Waals surface area (Å²) in [5, 5.41) is 3.67. The van der Waals surface area contributed by atoms with E-state index in [1.165, 1.54) is 77.4 Å². The highest BCUT2D eigenvalue weighted by Gasteiger charge is 2.55. The van der Waals surface area contributed by atoms with Crippen LogP contribution in [0.2, 0.25) is 0 Å². The Balaban J connectivity index is 0.929. The smallest absolute Gasteiger partial charge is 0.135 e. The van der Waals surface area contributed by atoms with Crippen molar-refractivity contribution in [1.29, 1.82) is 0 Å². The zero-order chi connectivity index (χ0) is 43.3. The molecule has 1 spiro atoms. The zero-order valence-electron chi connectivity index (χ0n) is 35.9. The van der Waals surface area contributed by atoms with Gasteiger partial charge in [0.15, 0.2) is 0 Å². The van der Waals surface area contributed by atoms with E-state index >= 15 is 0 Å². The molecule has 2 aliphatic rings. The van der Waals surface area contributed by atoms with Crippen molar-refractivity contribution >= 4 is 49.8 Å². The van der Waals surface area contributed by atoms with E-state index in [-0.39, 0.29) is 0 Å². The minimum Gasteiger partial charge on any atom is -0.459 e. The number of anilines is 3. The second kappa shape index (κ2) is 14.2. The molecule has 0 aliphatic heterocycles. The van der Waals surface area contributed by atoms with E-state index in [9.17, 15) is 0 Å². The van der Waals surface area contributed by atoms with Crippen molar-refractivity contribution in [3.8, 4) is 50.2 Å². The summed E-state index contributed by atoms with van der Waals surface area (Å²) in [4.78, 5) is 2.31. The van der Waals surface area contributed by atoms with Gasteiger partial charge in [-0.15, -0.1) is 0 Å². The number of nitrogens with zero attached hydrogens (tertiary/aromatic N) is 2. The number of hydrogen-bond acceptors (Lipinski definition) is 2. The van der Waals surface area contributed by atoms with Crippen molar-refractivity contribution in [2.45, 2.75) is 5.41 Å². The first kappa shape index (κ1) is 36.8. The fraction of sp³-hybridized carbons (Fsp3) is 0.0159. The molecule has 12 aromatic rings. The molecule has 0 N–H and O–H groups in total. The Kier molecular flexibility index (Phi) is 7.90. The number of benzene rings is 10. The molecule has 2 aliphatic carbocycles. The van der Waals surface area contributed by atoms with E-state index in [0.29, 0.717) is 0 Å². The van der Waals surface area contributed by atoms with E-state index in [1.807, 2.05) is 0 Å². The van der Waals surface area contributed by atoms with Crippen molar-refractivity contribution < 1.29 is 4.42 Å². The van der Waals surface area contributed by atoms with Gasteiger partial charge in [0.1, 0.15) is 16.8 Å². The molecule has 1 unspecified atom stereocenters. The van der Waals surface area contributed by atoms with Crippen LogP contribution in [-0.2, 0) is 5.41 Å². The molecule has 2 heterocycles.